The number of aromatic nitrogens is 1. The third-order valence-electron chi connectivity index (χ3n) is 3.13. The lowest BCUT2D eigenvalue weighted by molar-refractivity contribution is 0.271. The number of anilines is 1. The van der Waals surface area contributed by atoms with Gasteiger partial charge in [0.05, 0.1) is 4.90 Å². The Morgan fingerprint density at radius 2 is 2.00 bits per heavy atom. The first-order valence-electron chi connectivity index (χ1n) is 7.19. The van der Waals surface area contributed by atoms with Crippen LogP contribution < -0.4 is 5.32 Å². The van der Waals surface area contributed by atoms with Gasteiger partial charge in [0.1, 0.15) is 5.82 Å². The van der Waals surface area contributed by atoms with Gasteiger partial charge in [0.25, 0.3) is 0 Å². The van der Waals surface area contributed by atoms with E-state index >= 15 is 0 Å². The maximum absolute atomic E-state index is 12.8. The van der Waals surface area contributed by atoms with Crippen LogP contribution in [0.1, 0.15) is 20.8 Å². The lowest BCUT2D eigenvalue weighted by Crippen LogP contribution is -2.43. The monoisotopic (exact) mass is 314 g/mol. The molecule has 1 atom stereocenters. The molecule has 1 unspecified atom stereocenters. The molecule has 0 saturated heterocycles. The van der Waals surface area contributed by atoms with Gasteiger partial charge in [-0.3, -0.25) is 0 Å². The van der Waals surface area contributed by atoms with Gasteiger partial charge in [-0.15, -0.1) is 0 Å². The molecule has 0 bridgehead atoms. The van der Waals surface area contributed by atoms with E-state index in [1.165, 1.54) is 10.5 Å². The van der Waals surface area contributed by atoms with Crippen LogP contribution in [0.15, 0.2) is 23.2 Å². The molecule has 120 valence electrons. The van der Waals surface area contributed by atoms with Crippen molar-refractivity contribution in [1.82, 2.24) is 14.2 Å². The standard InChI is InChI=1S/C14H26N4O2S/c1-6-15-14-10-13(8-9-16-14)21(19,20)18(7-2)12(3)11-17(4)5/h8-10,12H,6-7,11H2,1-5H3,(H,15,16). The molecule has 1 aromatic rings. The van der Waals surface area contributed by atoms with Crippen molar-refractivity contribution in [3.05, 3.63) is 18.3 Å². The molecule has 0 spiro atoms. The van der Waals surface area contributed by atoms with Crippen molar-refractivity contribution >= 4 is 15.8 Å². The summed E-state index contributed by atoms with van der Waals surface area (Å²) >= 11 is 0. The Morgan fingerprint density at radius 1 is 1.33 bits per heavy atom. The van der Waals surface area contributed by atoms with E-state index in [0.29, 0.717) is 25.5 Å². The van der Waals surface area contributed by atoms with E-state index in [-0.39, 0.29) is 10.9 Å². The van der Waals surface area contributed by atoms with Crippen LogP contribution in [0.5, 0.6) is 0 Å². The summed E-state index contributed by atoms with van der Waals surface area (Å²) in [7, 11) is 0.364. The topological polar surface area (TPSA) is 65.5 Å². The largest absolute Gasteiger partial charge is 0.370 e. The summed E-state index contributed by atoms with van der Waals surface area (Å²) in [5.74, 6) is 0.579. The zero-order chi connectivity index (χ0) is 16.0. The number of likely N-dealkylation sites (N-methyl/N-ethyl adjacent to an activating group) is 2. The molecule has 1 N–H and O–H groups in total. The molecular formula is C14H26N4O2S. The highest BCUT2D eigenvalue weighted by Gasteiger charge is 2.28. The molecule has 7 heteroatoms. The number of rotatable bonds is 8. The van der Waals surface area contributed by atoms with Crippen LogP contribution in [0, 0.1) is 0 Å². The Morgan fingerprint density at radius 3 is 2.52 bits per heavy atom. The SMILES string of the molecule is CCNc1cc(S(=O)(=O)N(CC)C(C)CN(C)C)ccn1. The molecule has 0 fully saturated rings. The second-order valence-corrected chi connectivity index (χ2v) is 7.12. The first-order chi connectivity index (χ1) is 9.82. The highest BCUT2D eigenvalue weighted by atomic mass is 32.2. The Balaban J connectivity index is 3.09. The first kappa shape index (κ1) is 17.9. The predicted molar refractivity (Wildman–Crippen MR) is 86.0 cm³/mol. The number of nitrogens with one attached hydrogen (secondary N) is 1. The highest BCUT2D eigenvalue weighted by Crippen LogP contribution is 2.20. The minimum Gasteiger partial charge on any atom is -0.370 e. The fourth-order valence-corrected chi connectivity index (χ4v) is 3.97. The summed E-state index contributed by atoms with van der Waals surface area (Å²) in [5, 5.41) is 3.04. The zero-order valence-electron chi connectivity index (χ0n) is 13.5. The molecule has 1 rings (SSSR count). The number of hydrogen-bond donors (Lipinski definition) is 1. The zero-order valence-corrected chi connectivity index (χ0v) is 14.3. The fraction of sp³-hybridized carbons (Fsp3) is 0.643. The predicted octanol–water partition coefficient (Wildman–Crippen LogP) is 1.47. The molecule has 0 aliphatic carbocycles. The van der Waals surface area contributed by atoms with Gasteiger partial charge in [-0.05, 0) is 34.0 Å². The minimum atomic E-state index is -3.51. The third-order valence-corrected chi connectivity index (χ3v) is 5.21. The second-order valence-electron chi connectivity index (χ2n) is 5.23. The Kier molecular flexibility index (Phi) is 6.57. The van der Waals surface area contributed by atoms with Crippen LogP contribution in [0.3, 0.4) is 0 Å². The lowest BCUT2D eigenvalue weighted by atomic mass is 10.3. The minimum absolute atomic E-state index is 0.0919. The van der Waals surface area contributed by atoms with E-state index in [4.69, 9.17) is 0 Å². The van der Waals surface area contributed by atoms with E-state index in [2.05, 4.69) is 10.3 Å². The quantitative estimate of drug-likeness (QED) is 0.787. The number of nitrogens with zero attached hydrogens (tertiary/aromatic N) is 3. The molecule has 0 radical (unpaired) electrons. The first-order valence-corrected chi connectivity index (χ1v) is 8.63. The van der Waals surface area contributed by atoms with Crippen LogP contribution in [0.2, 0.25) is 0 Å². The van der Waals surface area contributed by atoms with Crippen molar-refractivity contribution in [3.63, 3.8) is 0 Å². The molecule has 0 amide bonds. The van der Waals surface area contributed by atoms with Crippen molar-refractivity contribution < 1.29 is 8.42 Å². The molecule has 0 aliphatic rings. The van der Waals surface area contributed by atoms with E-state index < -0.39 is 10.0 Å². The van der Waals surface area contributed by atoms with Gasteiger partial charge in [0.15, 0.2) is 0 Å². The third kappa shape index (κ3) is 4.66. The van der Waals surface area contributed by atoms with Crippen molar-refractivity contribution in [1.29, 1.82) is 0 Å². The van der Waals surface area contributed by atoms with E-state index in [1.54, 1.807) is 12.1 Å². The van der Waals surface area contributed by atoms with Crippen LogP contribution in [-0.2, 0) is 10.0 Å². The van der Waals surface area contributed by atoms with Gasteiger partial charge in [-0.2, -0.15) is 4.31 Å². The van der Waals surface area contributed by atoms with Crippen molar-refractivity contribution in [2.75, 3.05) is 39.0 Å². The maximum atomic E-state index is 12.8. The van der Waals surface area contributed by atoms with Crippen molar-refractivity contribution in [3.8, 4) is 0 Å². The Bertz CT molecular complexity index is 546. The number of pyridine rings is 1. The summed E-state index contributed by atoms with van der Waals surface area (Å²) in [6, 6.07) is 3.04. The second kappa shape index (κ2) is 7.72. The average molecular weight is 314 g/mol. The molecular weight excluding hydrogens is 288 g/mol. The van der Waals surface area contributed by atoms with E-state index in [9.17, 15) is 8.42 Å². The Hall–Kier alpha value is -1.18. The summed E-state index contributed by atoms with van der Waals surface area (Å²) in [6.07, 6.45) is 1.52. The van der Waals surface area contributed by atoms with Gasteiger partial charge in [-0.25, -0.2) is 13.4 Å². The van der Waals surface area contributed by atoms with Gasteiger partial charge >= 0.3 is 0 Å². The molecule has 1 aromatic heterocycles. The summed E-state index contributed by atoms with van der Waals surface area (Å²) in [4.78, 5) is 6.38. The number of sulfonamides is 1. The van der Waals surface area contributed by atoms with Crippen molar-refractivity contribution in [2.45, 2.75) is 31.7 Å². The molecule has 0 aliphatic heterocycles. The smallest absolute Gasteiger partial charge is 0.243 e. The molecule has 6 nitrogen and oxygen atoms in total. The van der Waals surface area contributed by atoms with Gasteiger partial charge < -0.3 is 10.2 Å². The average Bonchev–Trinajstić information content (AvgIpc) is 2.39. The van der Waals surface area contributed by atoms with Crippen LogP contribution in [0.4, 0.5) is 5.82 Å². The summed E-state index contributed by atoms with van der Waals surface area (Å²) in [5.41, 5.74) is 0. The molecule has 0 aromatic carbocycles. The molecule has 1 heterocycles. The highest BCUT2D eigenvalue weighted by molar-refractivity contribution is 7.89. The van der Waals surface area contributed by atoms with E-state index in [0.717, 1.165) is 0 Å². The van der Waals surface area contributed by atoms with Crippen LogP contribution in [0.25, 0.3) is 0 Å². The van der Waals surface area contributed by atoms with Crippen LogP contribution in [-0.4, -0.2) is 62.4 Å². The van der Waals surface area contributed by atoms with Crippen LogP contribution >= 0.6 is 0 Å². The maximum Gasteiger partial charge on any atom is 0.243 e. The van der Waals surface area contributed by atoms with Gasteiger partial charge in [0, 0.05) is 37.9 Å². The normalized spacial score (nSPS) is 13.7. The number of hydrogen-bond acceptors (Lipinski definition) is 5. The lowest BCUT2D eigenvalue weighted by Gasteiger charge is -2.29. The van der Waals surface area contributed by atoms with Gasteiger partial charge in [-0.1, -0.05) is 6.92 Å². The summed E-state index contributed by atoms with van der Waals surface area (Å²) < 4.78 is 27.1. The van der Waals surface area contributed by atoms with Crippen molar-refractivity contribution in [2.24, 2.45) is 0 Å². The van der Waals surface area contributed by atoms with Gasteiger partial charge in [0.2, 0.25) is 10.0 Å². The molecule has 21 heavy (non-hydrogen) atoms. The Labute approximate surface area is 128 Å². The van der Waals surface area contributed by atoms with E-state index in [1.807, 2.05) is 39.8 Å². The summed E-state index contributed by atoms with van der Waals surface area (Å²) in [6.45, 7) is 7.54. The fourth-order valence-electron chi connectivity index (χ4n) is 2.32. The molecule has 0 saturated carbocycles.